The molecule has 0 aliphatic carbocycles. The first-order valence-electron chi connectivity index (χ1n) is 11.2. The van der Waals surface area contributed by atoms with Crippen molar-refractivity contribution in [1.82, 2.24) is 4.90 Å². The van der Waals surface area contributed by atoms with E-state index >= 15 is 0 Å². The Kier molecular flexibility index (Phi) is 7.80. The molecule has 2 heterocycles. The number of hydrogen-bond donors (Lipinski definition) is 1. The van der Waals surface area contributed by atoms with Gasteiger partial charge >= 0.3 is 23.8 Å². The van der Waals surface area contributed by atoms with Crippen molar-refractivity contribution in [2.24, 2.45) is 5.92 Å². The van der Waals surface area contributed by atoms with Crippen molar-refractivity contribution in [1.29, 1.82) is 0 Å². The molecule has 1 unspecified atom stereocenters. The summed E-state index contributed by atoms with van der Waals surface area (Å²) in [7, 11) is 0. The standard InChI is InChI=1S/C24H30N2O8/c1-5-31-22(29)25-17-8-9-18-16(11-20(27)33-19(18)12-17)14-32-21(28)15-7-6-10-26(13-15)23(30)34-24(2,3)4/h8-9,11-12,15H,5-7,10,13-14H2,1-4H3,(H,25,29). The fourth-order valence-corrected chi connectivity index (χ4v) is 3.64. The van der Waals surface area contributed by atoms with Gasteiger partial charge in [0.25, 0.3) is 0 Å². The molecule has 10 nitrogen and oxygen atoms in total. The van der Waals surface area contributed by atoms with E-state index in [-0.39, 0.29) is 25.3 Å². The maximum Gasteiger partial charge on any atom is 0.411 e. The summed E-state index contributed by atoms with van der Waals surface area (Å²) in [6.45, 7) is 7.88. The van der Waals surface area contributed by atoms with Crippen LogP contribution in [-0.2, 0) is 25.6 Å². The number of fused-ring (bicyclic) bond motifs is 1. The average Bonchev–Trinajstić information content (AvgIpc) is 2.76. The Morgan fingerprint density at radius 1 is 1.18 bits per heavy atom. The van der Waals surface area contributed by atoms with E-state index in [2.05, 4.69) is 5.32 Å². The fraction of sp³-hybridized carbons (Fsp3) is 0.500. The topological polar surface area (TPSA) is 124 Å². The lowest BCUT2D eigenvalue weighted by Gasteiger charge is -2.33. The van der Waals surface area contributed by atoms with Gasteiger partial charge in [-0.05, 0) is 52.7 Å². The molecule has 1 aromatic carbocycles. The first-order chi connectivity index (χ1) is 16.1. The van der Waals surface area contributed by atoms with Crippen LogP contribution in [0.15, 0.2) is 33.5 Å². The lowest BCUT2D eigenvalue weighted by atomic mass is 9.98. The molecule has 0 bridgehead atoms. The molecular weight excluding hydrogens is 444 g/mol. The van der Waals surface area contributed by atoms with Crippen LogP contribution in [-0.4, -0.2) is 48.4 Å². The molecule has 3 rings (SSSR count). The summed E-state index contributed by atoms with van der Waals surface area (Å²) in [5, 5.41) is 3.11. The van der Waals surface area contributed by atoms with Crippen LogP contribution in [0.5, 0.6) is 0 Å². The molecule has 0 radical (unpaired) electrons. The summed E-state index contributed by atoms with van der Waals surface area (Å²) in [6, 6.07) is 6.05. The number of esters is 1. The Bertz CT molecular complexity index is 1120. The van der Waals surface area contributed by atoms with Gasteiger partial charge in [-0.3, -0.25) is 10.1 Å². The van der Waals surface area contributed by atoms with E-state index < -0.39 is 35.3 Å². The quantitative estimate of drug-likeness (QED) is 0.391. The van der Waals surface area contributed by atoms with E-state index in [0.29, 0.717) is 36.0 Å². The Hall–Kier alpha value is -3.56. The second-order valence-corrected chi connectivity index (χ2v) is 9.02. The number of anilines is 1. The molecule has 1 aliphatic heterocycles. The van der Waals surface area contributed by atoms with Gasteiger partial charge in [-0.1, -0.05) is 0 Å². The van der Waals surface area contributed by atoms with Crippen LogP contribution in [0.4, 0.5) is 15.3 Å². The van der Waals surface area contributed by atoms with Crippen molar-refractivity contribution < 1.29 is 33.0 Å². The number of ether oxygens (including phenoxy) is 3. The third kappa shape index (κ3) is 6.72. The van der Waals surface area contributed by atoms with Gasteiger partial charge < -0.3 is 23.5 Å². The van der Waals surface area contributed by atoms with Crippen LogP contribution in [0.25, 0.3) is 11.0 Å². The molecule has 2 aromatic rings. The average molecular weight is 475 g/mol. The molecule has 34 heavy (non-hydrogen) atoms. The highest BCUT2D eigenvalue weighted by Gasteiger charge is 2.32. The third-order valence-corrected chi connectivity index (χ3v) is 5.13. The van der Waals surface area contributed by atoms with Crippen LogP contribution in [0.2, 0.25) is 0 Å². The first-order valence-corrected chi connectivity index (χ1v) is 11.2. The van der Waals surface area contributed by atoms with Gasteiger partial charge in [0.2, 0.25) is 0 Å². The van der Waals surface area contributed by atoms with Crippen molar-refractivity contribution in [3.63, 3.8) is 0 Å². The first kappa shape index (κ1) is 25.1. The molecule has 1 fully saturated rings. The maximum atomic E-state index is 12.7. The van der Waals surface area contributed by atoms with E-state index in [4.69, 9.17) is 18.6 Å². The lowest BCUT2D eigenvalue weighted by Crippen LogP contribution is -2.45. The van der Waals surface area contributed by atoms with Gasteiger partial charge in [-0.2, -0.15) is 0 Å². The lowest BCUT2D eigenvalue weighted by molar-refractivity contribution is -0.151. The summed E-state index contributed by atoms with van der Waals surface area (Å²) in [6.07, 6.45) is 0.178. The fourth-order valence-electron chi connectivity index (χ4n) is 3.64. The minimum atomic E-state index is -0.623. The largest absolute Gasteiger partial charge is 0.461 e. The van der Waals surface area contributed by atoms with E-state index in [1.54, 1.807) is 39.8 Å². The summed E-state index contributed by atoms with van der Waals surface area (Å²) < 4.78 is 21.0. The zero-order chi connectivity index (χ0) is 24.9. The summed E-state index contributed by atoms with van der Waals surface area (Å²) in [4.78, 5) is 50.3. The monoisotopic (exact) mass is 474 g/mol. The smallest absolute Gasteiger partial charge is 0.411 e. The van der Waals surface area contributed by atoms with Crippen LogP contribution in [0.1, 0.15) is 46.1 Å². The molecule has 1 aliphatic rings. The molecule has 184 valence electrons. The second-order valence-electron chi connectivity index (χ2n) is 9.02. The van der Waals surface area contributed by atoms with Crippen molar-refractivity contribution >= 4 is 34.8 Å². The molecule has 1 aromatic heterocycles. The zero-order valence-corrected chi connectivity index (χ0v) is 19.8. The van der Waals surface area contributed by atoms with E-state index in [0.717, 1.165) is 0 Å². The summed E-state index contributed by atoms with van der Waals surface area (Å²) in [5.74, 6) is -0.928. The number of rotatable bonds is 5. The van der Waals surface area contributed by atoms with Gasteiger partial charge in [0, 0.05) is 41.9 Å². The third-order valence-electron chi connectivity index (χ3n) is 5.13. The summed E-state index contributed by atoms with van der Waals surface area (Å²) >= 11 is 0. The van der Waals surface area contributed by atoms with E-state index in [9.17, 15) is 19.2 Å². The Balaban J connectivity index is 1.67. The Labute approximate surface area is 197 Å². The minimum absolute atomic E-state index is 0.130. The van der Waals surface area contributed by atoms with Gasteiger partial charge in [0.05, 0.1) is 12.5 Å². The Morgan fingerprint density at radius 2 is 1.94 bits per heavy atom. The number of hydrogen-bond acceptors (Lipinski definition) is 8. The molecule has 2 amide bonds. The molecule has 10 heteroatoms. The van der Waals surface area contributed by atoms with Crippen molar-refractivity contribution in [3.8, 4) is 0 Å². The molecule has 1 N–H and O–H groups in total. The van der Waals surface area contributed by atoms with Gasteiger partial charge in [0.15, 0.2) is 0 Å². The van der Waals surface area contributed by atoms with Crippen LogP contribution < -0.4 is 10.9 Å². The van der Waals surface area contributed by atoms with Gasteiger partial charge in [-0.15, -0.1) is 0 Å². The molecule has 1 saturated heterocycles. The number of amides is 2. The van der Waals surface area contributed by atoms with Crippen LogP contribution in [0, 0.1) is 5.92 Å². The van der Waals surface area contributed by atoms with Crippen molar-refractivity contribution in [2.45, 2.75) is 52.7 Å². The van der Waals surface area contributed by atoms with Crippen LogP contribution in [0.3, 0.4) is 0 Å². The number of carbonyl (C=O) groups excluding carboxylic acids is 3. The number of benzene rings is 1. The highest BCUT2D eigenvalue weighted by Crippen LogP contribution is 2.24. The highest BCUT2D eigenvalue weighted by molar-refractivity contribution is 5.90. The number of piperidine rings is 1. The molecular formula is C24H30N2O8. The van der Waals surface area contributed by atoms with Crippen molar-refractivity contribution in [2.75, 3.05) is 25.0 Å². The second kappa shape index (κ2) is 10.6. The Morgan fingerprint density at radius 3 is 2.65 bits per heavy atom. The zero-order valence-electron chi connectivity index (χ0n) is 19.8. The number of carbonyl (C=O) groups is 3. The van der Waals surface area contributed by atoms with E-state index in [1.807, 2.05) is 0 Å². The summed E-state index contributed by atoms with van der Waals surface area (Å²) in [5.41, 5.74) is -0.122. The highest BCUT2D eigenvalue weighted by atomic mass is 16.6. The molecule has 1 atom stereocenters. The predicted molar refractivity (Wildman–Crippen MR) is 123 cm³/mol. The SMILES string of the molecule is CCOC(=O)Nc1ccc2c(COC(=O)C3CCCN(C(=O)OC(C)(C)C)C3)cc(=O)oc2c1. The van der Waals surface area contributed by atoms with E-state index in [1.165, 1.54) is 17.0 Å². The van der Waals surface area contributed by atoms with Gasteiger partial charge in [0.1, 0.15) is 17.8 Å². The molecule has 0 spiro atoms. The normalized spacial score (nSPS) is 16.1. The van der Waals surface area contributed by atoms with Crippen LogP contribution >= 0.6 is 0 Å². The van der Waals surface area contributed by atoms with Crippen molar-refractivity contribution in [3.05, 3.63) is 40.2 Å². The molecule has 0 saturated carbocycles. The number of likely N-dealkylation sites (tertiary alicyclic amines) is 1. The maximum absolute atomic E-state index is 12.7. The number of nitrogens with zero attached hydrogens (tertiary/aromatic N) is 1. The number of nitrogens with one attached hydrogen (secondary N) is 1. The minimum Gasteiger partial charge on any atom is -0.461 e. The predicted octanol–water partition coefficient (Wildman–Crippen LogP) is 4.05. The van der Waals surface area contributed by atoms with Gasteiger partial charge in [-0.25, -0.2) is 14.4 Å².